The molecule has 0 radical (unpaired) electrons. The van der Waals surface area contributed by atoms with Gasteiger partial charge in [-0.3, -0.25) is 4.68 Å². The van der Waals surface area contributed by atoms with Crippen molar-refractivity contribution in [2.45, 2.75) is 20.4 Å². The topological polar surface area (TPSA) is 64.4 Å². The Hall–Kier alpha value is -2.30. The summed E-state index contributed by atoms with van der Waals surface area (Å²) in [5, 5.41) is 13.4. The van der Waals surface area contributed by atoms with Crippen molar-refractivity contribution in [2.75, 3.05) is 7.11 Å². The number of benzene rings is 1. The fraction of sp³-hybridized carbons (Fsp3) is 0.286. The van der Waals surface area contributed by atoms with Crippen LogP contribution >= 0.6 is 0 Å². The van der Waals surface area contributed by atoms with Gasteiger partial charge in [0.05, 0.1) is 18.4 Å². The molecule has 1 N–H and O–H groups in total. The highest BCUT2D eigenvalue weighted by atomic mass is 16.5. The molecule has 0 aliphatic carbocycles. The third-order valence-electron chi connectivity index (χ3n) is 3.01. The summed E-state index contributed by atoms with van der Waals surface area (Å²) in [6.45, 7) is 4.66. The van der Waals surface area contributed by atoms with Gasteiger partial charge in [0.2, 0.25) is 0 Å². The number of aromatic carboxylic acids is 1. The Kier molecular flexibility index (Phi) is 3.55. The normalized spacial score (nSPS) is 10.5. The molecule has 5 heteroatoms. The molecule has 0 atom stereocenters. The number of hydrogen-bond acceptors (Lipinski definition) is 3. The number of carboxylic acids is 1. The van der Waals surface area contributed by atoms with E-state index in [1.807, 2.05) is 24.7 Å². The van der Waals surface area contributed by atoms with Crippen LogP contribution < -0.4 is 4.74 Å². The highest BCUT2D eigenvalue weighted by Gasteiger charge is 2.14. The van der Waals surface area contributed by atoms with Crippen molar-refractivity contribution in [3.8, 4) is 16.9 Å². The summed E-state index contributed by atoms with van der Waals surface area (Å²) in [6, 6.07) is 4.82. The Morgan fingerprint density at radius 1 is 1.42 bits per heavy atom. The third-order valence-corrected chi connectivity index (χ3v) is 3.01. The minimum atomic E-state index is -0.954. The van der Waals surface area contributed by atoms with E-state index < -0.39 is 5.97 Å². The second-order valence-corrected chi connectivity index (χ2v) is 4.20. The molecule has 0 bridgehead atoms. The van der Waals surface area contributed by atoms with Crippen LogP contribution in [0.25, 0.3) is 11.1 Å². The summed E-state index contributed by atoms with van der Waals surface area (Å²) in [5.41, 5.74) is 2.73. The molecule has 0 unspecified atom stereocenters. The van der Waals surface area contributed by atoms with Gasteiger partial charge in [-0.2, -0.15) is 5.10 Å². The number of rotatable bonds is 4. The smallest absolute Gasteiger partial charge is 0.335 e. The summed E-state index contributed by atoms with van der Waals surface area (Å²) < 4.78 is 7.12. The van der Waals surface area contributed by atoms with E-state index in [-0.39, 0.29) is 5.56 Å². The number of carboxylic acid groups (broad SMARTS) is 1. The van der Waals surface area contributed by atoms with Gasteiger partial charge >= 0.3 is 5.97 Å². The highest BCUT2D eigenvalue weighted by Crippen LogP contribution is 2.32. The SMILES string of the molecule is CCn1cc(-c2cc(C(=O)O)ccc2OC)c(C)n1. The third kappa shape index (κ3) is 2.45. The molecule has 2 aromatic rings. The van der Waals surface area contributed by atoms with E-state index in [2.05, 4.69) is 5.10 Å². The molecule has 1 heterocycles. The van der Waals surface area contributed by atoms with Crippen LogP contribution in [-0.4, -0.2) is 28.0 Å². The Bertz CT molecular complexity index is 617. The summed E-state index contributed by atoms with van der Waals surface area (Å²) in [7, 11) is 1.57. The van der Waals surface area contributed by atoms with Crippen LogP contribution in [0.1, 0.15) is 23.0 Å². The van der Waals surface area contributed by atoms with E-state index in [0.717, 1.165) is 23.4 Å². The fourth-order valence-corrected chi connectivity index (χ4v) is 2.00. The molecule has 0 aliphatic heterocycles. The number of ether oxygens (including phenoxy) is 1. The maximum atomic E-state index is 11.1. The number of hydrogen-bond donors (Lipinski definition) is 1. The second-order valence-electron chi connectivity index (χ2n) is 4.20. The maximum absolute atomic E-state index is 11.1. The number of carbonyl (C=O) groups is 1. The molecule has 0 fully saturated rings. The summed E-state index contributed by atoms with van der Waals surface area (Å²) in [5.74, 6) is -0.312. The zero-order valence-electron chi connectivity index (χ0n) is 11.2. The minimum Gasteiger partial charge on any atom is -0.496 e. The van der Waals surface area contributed by atoms with Gasteiger partial charge in [0.25, 0.3) is 0 Å². The van der Waals surface area contributed by atoms with Gasteiger partial charge in [-0.15, -0.1) is 0 Å². The van der Waals surface area contributed by atoms with Crippen LogP contribution in [0.5, 0.6) is 5.75 Å². The average Bonchev–Trinajstić information content (AvgIpc) is 2.79. The second kappa shape index (κ2) is 5.14. The first kappa shape index (κ1) is 13.1. The Labute approximate surface area is 111 Å². The fourth-order valence-electron chi connectivity index (χ4n) is 2.00. The van der Waals surface area contributed by atoms with Crippen molar-refractivity contribution in [1.82, 2.24) is 9.78 Å². The molecule has 0 spiro atoms. The number of aryl methyl sites for hydroxylation is 2. The van der Waals surface area contributed by atoms with E-state index in [0.29, 0.717) is 5.75 Å². The summed E-state index contributed by atoms with van der Waals surface area (Å²) in [4.78, 5) is 11.1. The van der Waals surface area contributed by atoms with E-state index in [1.54, 1.807) is 19.2 Å². The molecular formula is C14H16N2O3. The van der Waals surface area contributed by atoms with Crippen LogP contribution in [0.15, 0.2) is 24.4 Å². The predicted octanol–water partition coefficient (Wildman–Crippen LogP) is 2.59. The van der Waals surface area contributed by atoms with E-state index >= 15 is 0 Å². The Morgan fingerprint density at radius 2 is 2.16 bits per heavy atom. The zero-order chi connectivity index (χ0) is 14.0. The molecule has 5 nitrogen and oxygen atoms in total. The number of aromatic nitrogens is 2. The zero-order valence-corrected chi connectivity index (χ0v) is 11.2. The lowest BCUT2D eigenvalue weighted by Crippen LogP contribution is -1.98. The minimum absolute atomic E-state index is 0.236. The molecular weight excluding hydrogens is 244 g/mol. The first-order valence-corrected chi connectivity index (χ1v) is 6.02. The molecule has 0 aliphatic rings. The van der Waals surface area contributed by atoms with Crippen LogP contribution in [0.3, 0.4) is 0 Å². The monoisotopic (exact) mass is 260 g/mol. The summed E-state index contributed by atoms with van der Waals surface area (Å²) >= 11 is 0. The molecule has 1 aromatic carbocycles. The predicted molar refractivity (Wildman–Crippen MR) is 71.6 cm³/mol. The highest BCUT2D eigenvalue weighted by molar-refractivity contribution is 5.90. The van der Waals surface area contributed by atoms with E-state index in [9.17, 15) is 4.79 Å². The van der Waals surface area contributed by atoms with Gasteiger partial charge < -0.3 is 9.84 Å². The molecule has 19 heavy (non-hydrogen) atoms. The van der Waals surface area contributed by atoms with Crippen molar-refractivity contribution in [2.24, 2.45) is 0 Å². The van der Waals surface area contributed by atoms with Gasteiger partial charge in [-0.05, 0) is 32.0 Å². The van der Waals surface area contributed by atoms with Crippen LogP contribution in [-0.2, 0) is 6.54 Å². The van der Waals surface area contributed by atoms with Crippen molar-refractivity contribution < 1.29 is 14.6 Å². The first-order chi connectivity index (χ1) is 9.06. The standard InChI is InChI=1S/C14H16N2O3/c1-4-16-8-12(9(2)15-16)11-7-10(14(17)18)5-6-13(11)19-3/h5-8H,4H2,1-3H3,(H,17,18). The Balaban J connectivity index is 2.61. The molecule has 2 rings (SSSR count). The lowest BCUT2D eigenvalue weighted by Gasteiger charge is -2.08. The van der Waals surface area contributed by atoms with Gasteiger partial charge in [0.15, 0.2) is 0 Å². The maximum Gasteiger partial charge on any atom is 0.335 e. The molecule has 100 valence electrons. The number of nitrogens with zero attached hydrogens (tertiary/aromatic N) is 2. The molecule has 0 amide bonds. The molecule has 0 saturated heterocycles. The van der Waals surface area contributed by atoms with Crippen molar-refractivity contribution in [3.05, 3.63) is 35.7 Å². The van der Waals surface area contributed by atoms with Gasteiger partial charge in [0, 0.05) is 23.9 Å². The quantitative estimate of drug-likeness (QED) is 0.917. The largest absolute Gasteiger partial charge is 0.496 e. The first-order valence-electron chi connectivity index (χ1n) is 6.02. The van der Waals surface area contributed by atoms with Crippen molar-refractivity contribution in [3.63, 3.8) is 0 Å². The molecule has 1 aromatic heterocycles. The van der Waals surface area contributed by atoms with E-state index in [1.165, 1.54) is 6.07 Å². The lowest BCUT2D eigenvalue weighted by atomic mass is 10.0. The van der Waals surface area contributed by atoms with Crippen LogP contribution in [0, 0.1) is 6.92 Å². The van der Waals surface area contributed by atoms with Crippen molar-refractivity contribution in [1.29, 1.82) is 0 Å². The Morgan fingerprint density at radius 3 is 2.68 bits per heavy atom. The summed E-state index contributed by atoms with van der Waals surface area (Å²) in [6.07, 6.45) is 1.90. The van der Waals surface area contributed by atoms with Gasteiger partial charge in [-0.1, -0.05) is 0 Å². The van der Waals surface area contributed by atoms with Crippen LogP contribution in [0.2, 0.25) is 0 Å². The van der Waals surface area contributed by atoms with E-state index in [4.69, 9.17) is 9.84 Å². The van der Waals surface area contributed by atoms with Gasteiger partial charge in [0.1, 0.15) is 5.75 Å². The number of methoxy groups -OCH3 is 1. The van der Waals surface area contributed by atoms with Crippen molar-refractivity contribution >= 4 is 5.97 Å². The average molecular weight is 260 g/mol. The van der Waals surface area contributed by atoms with Crippen LogP contribution in [0.4, 0.5) is 0 Å². The van der Waals surface area contributed by atoms with Gasteiger partial charge in [-0.25, -0.2) is 4.79 Å². The lowest BCUT2D eigenvalue weighted by molar-refractivity contribution is 0.0697. The molecule has 0 saturated carbocycles.